The van der Waals surface area contributed by atoms with Crippen LogP contribution in [0.15, 0.2) is 11.2 Å². The van der Waals surface area contributed by atoms with Crippen LogP contribution in [0.3, 0.4) is 0 Å². The van der Waals surface area contributed by atoms with E-state index in [1.54, 1.807) is 0 Å². The molecule has 1 aliphatic rings. The summed E-state index contributed by atoms with van der Waals surface area (Å²) >= 11 is 0. The van der Waals surface area contributed by atoms with Crippen molar-refractivity contribution in [2.24, 2.45) is 4.99 Å². The summed E-state index contributed by atoms with van der Waals surface area (Å²) < 4.78 is 1.51. The third-order valence-electron chi connectivity index (χ3n) is 2.03. The number of aliphatic imine (C=N–C) groups is 1. The van der Waals surface area contributed by atoms with Crippen LogP contribution in [0.2, 0.25) is 0 Å². The van der Waals surface area contributed by atoms with Crippen LogP contribution in [0.25, 0.3) is 0 Å². The molecule has 72 valence electrons. The van der Waals surface area contributed by atoms with Crippen molar-refractivity contribution in [2.75, 3.05) is 12.3 Å². The third-order valence-corrected chi connectivity index (χ3v) is 2.03. The Hall–Kier alpha value is -1.87. The smallest absolute Gasteiger partial charge is 0.197 e. The maximum Gasteiger partial charge on any atom is 0.197 e. The number of nitriles is 1. The molecular weight excluding hydrogens is 180 g/mol. The normalized spacial score (nSPS) is 20.6. The Labute approximate surface area is 81.0 Å². The summed E-state index contributed by atoms with van der Waals surface area (Å²) in [6.45, 7) is 0.843. The molecule has 0 bridgehead atoms. The van der Waals surface area contributed by atoms with Gasteiger partial charge in [0.1, 0.15) is 17.5 Å². The van der Waals surface area contributed by atoms with Gasteiger partial charge in [-0.15, -0.1) is 0 Å². The highest BCUT2D eigenvalue weighted by Gasteiger charge is 2.16. The lowest BCUT2D eigenvalue weighted by molar-refractivity contribution is 0.385. The molecule has 2 rings (SSSR count). The summed E-state index contributed by atoms with van der Waals surface area (Å²) in [5.41, 5.74) is 6.09. The molecule has 2 heterocycles. The Morgan fingerprint density at radius 3 is 3.14 bits per heavy atom. The van der Waals surface area contributed by atoms with E-state index in [-0.39, 0.29) is 6.29 Å². The molecule has 0 fully saturated rings. The second-order valence-corrected chi connectivity index (χ2v) is 2.95. The molecule has 6 heteroatoms. The van der Waals surface area contributed by atoms with E-state index in [0.29, 0.717) is 11.4 Å². The largest absolute Gasteiger partial charge is 0.383 e. The van der Waals surface area contributed by atoms with E-state index in [1.807, 2.05) is 12.3 Å². The molecule has 0 aliphatic carbocycles. The first-order chi connectivity index (χ1) is 6.83. The number of anilines is 1. The number of nitrogens with two attached hydrogens (primary N) is 1. The van der Waals surface area contributed by atoms with Crippen molar-refractivity contribution >= 4 is 12.0 Å². The lowest BCUT2D eigenvalue weighted by Gasteiger charge is -2.18. The predicted molar refractivity (Wildman–Crippen MR) is 51.5 cm³/mol. The minimum absolute atomic E-state index is 0.272. The van der Waals surface area contributed by atoms with Crippen LogP contribution in [-0.4, -0.2) is 22.5 Å². The average Bonchev–Trinajstić information content (AvgIpc) is 2.61. The van der Waals surface area contributed by atoms with Gasteiger partial charge in [0.15, 0.2) is 6.29 Å². The van der Waals surface area contributed by atoms with Gasteiger partial charge in [0.2, 0.25) is 0 Å². The van der Waals surface area contributed by atoms with Crippen molar-refractivity contribution < 1.29 is 0 Å². The highest BCUT2D eigenvalue weighted by Crippen LogP contribution is 2.15. The summed E-state index contributed by atoms with van der Waals surface area (Å²) in [7, 11) is 0. The monoisotopic (exact) mass is 190 g/mol. The SMILES string of the molecule is N#Cc1cnn(C2N=CCCN2)c1N. The van der Waals surface area contributed by atoms with E-state index in [0.717, 1.165) is 13.0 Å². The summed E-state index contributed by atoms with van der Waals surface area (Å²) in [5, 5.41) is 15.8. The lowest BCUT2D eigenvalue weighted by Crippen LogP contribution is -2.31. The zero-order chi connectivity index (χ0) is 9.97. The van der Waals surface area contributed by atoms with Gasteiger partial charge in [-0.2, -0.15) is 10.4 Å². The van der Waals surface area contributed by atoms with Gasteiger partial charge in [-0.1, -0.05) is 0 Å². The van der Waals surface area contributed by atoms with Crippen molar-refractivity contribution in [3.8, 4) is 6.07 Å². The van der Waals surface area contributed by atoms with Gasteiger partial charge in [-0.05, 0) is 6.42 Å². The van der Waals surface area contributed by atoms with Crippen molar-refractivity contribution in [3.63, 3.8) is 0 Å². The molecule has 6 nitrogen and oxygen atoms in total. The maximum absolute atomic E-state index is 8.69. The Balaban J connectivity index is 2.32. The van der Waals surface area contributed by atoms with Gasteiger partial charge in [0.25, 0.3) is 0 Å². The van der Waals surface area contributed by atoms with Crippen molar-refractivity contribution in [2.45, 2.75) is 12.7 Å². The molecule has 0 saturated heterocycles. The fourth-order valence-corrected chi connectivity index (χ4v) is 1.31. The highest BCUT2D eigenvalue weighted by atomic mass is 15.4. The second-order valence-electron chi connectivity index (χ2n) is 2.95. The van der Waals surface area contributed by atoms with Gasteiger partial charge in [-0.3, -0.25) is 10.3 Å². The molecule has 3 N–H and O–H groups in total. The van der Waals surface area contributed by atoms with E-state index in [9.17, 15) is 0 Å². The third kappa shape index (κ3) is 1.34. The zero-order valence-electron chi connectivity index (χ0n) is 7.51. The standard InChI is InChI=1S/C8H10N6/c9-4-6-5-13-14(7(6)10)8-11-2-1-3-12-8/h2,5,8,12H,1,3,10H2. The van der Waals surface area contributed by atoms with E-state index < -0.39 is 0 Å². The zero-order valence-corrected chi connectivity index (χ0v) is 7.51. The minimum Gasteiger partial charge on any atom is -0.383 e. The molecular formula is C8H10N6. The lowest BCUT2D eigenvalue weighted by atomic mass is 10.3. The van der Waals surface area contributed by atoms with Crippen LogP contribution in [0, 0.1) is 11.3 Å². The van der Waals surface area contributed by atoms with Gasteiger partial charge < -0.3 is 5.73 Å². The molecule has 1 aliphatic heterocycles. The van der Waals surface area contributed by atoms with Crippen LogP contribution < -0.4 is 11.1 Å². The number of nitrogen functional groups attached to an aromatic ring is 1. The number of rotatable bonds is 1. The summed E-state index contributed by atoms with van der Waals surface area (Å²) in [4.78, 5) is 4.18. The molecule has 0 amide bonds. The Morgan fingerprint density at radius 2 is 2.57 bits per heavy atom. The number of hydrogen-bond donors (Lipinski definition) is 2. The van der Waals surface area contributed by atoms with Gasteiger partial charge in [-0.25, -0.2) is 4.68 Å². The predicted octanol–water partition coefficient (Wildman–Crippen LogP) is -0.143. The molecule has 0 spiro atoms. The summed E-state index contributed by atoms with van der Waals surface area (Å²) in [6, 6.07) is 1.97. The first-order valence-electron chi connectivity index (χ1n) is 4.31. The van der Waals surface area contributed by atoms with Gasteiger partial charge in [0, 0.05) is 12.8 Å². The van der Waals surface area contributed by atoms with Crippen molar-refractivity contribution in [3.05, 3.63) is 11.8 Å². The average molecular weight is 190 g/mol. The first-order valence-corrected chi connectivity index (χ1v) is 4.31. The Morgan fingerprint density at radius 1 is 1.71 bits per heavy atom. The molecule has 0 saturated carbocycles. The molecule has 14 heavy (non-hydrogen) atoms. The first kappa shape index (κ1) is 8.72. The Kier molecular flexibility index (Phi) is 2.16. The van der Waals surface area contributed by atoms with E-state index in [4.69, 9.17) is 11.0 Å². The quantitative estimate of drug-likeness (QED) is 0.644. The van der Waals surface area contributed by atoms with Crippen LogP contribution in [0.5, 0.6) is 0 Å². The van der Waals surface area contributed by atoms with Gasteiger partial charge in [0.05, 0.1) is 6.20 Å². The van der Waals surface area contributed by atoms with E-state index >= 15 is 0 Å². The van der Waals surface area contributed by atoms with Crippen LogP contribution in [0.4, 0.5) is 5.82 Å². The summed E-state index contributed by atoms with van der Waals surface area (Å²) in [6.07, 6.45) is 3.91. The topological polar surface area (TPSA) is 92.0 Å². The fraction of sp³-hybridized carbons (Fsp3) is 0.375. The molecule has 1 aromatic heterocycles. The molecule has 0 aromatic carbocycles. The highest BCUT2D eigenvalue weighted by molar-refractivity contribution is 5.58. The van der Waals surface area contributed by atoms with E-state index in [2.05, 4.69) is 15.4 Å². The molecule has 1 unspecified atom stereocenters. The number of aromatic nitrogens is 2. The van der Waals surface area contributed by atoms with Crippen LogP contribution >= 0.6 is 0 Å². The number of nitrogens with zero attached hydrogens (tertiary/aromatic N) is 4. The number of hydrogen-bond acceptors (Lipinski definition) is 5. The second kappa shape index (κ2) is 3.47. The molecule has 0 radical (unpaired) electrons. The Bertz CT molecular complexity index is 398. The maximum atomic E-state index is 8.69. The van der Waals surface area contributed by atoms with Crippen LogP contribution in [0.1, 0.15) is 18.3 Å². The molecule has 1 atom stereocenters. The van der Waals surface area contributed by atoms with Gasteiger partial charge >= 0.3 is 0 Å². The summed E-state index contributed by atoms with van der Waals surface area (Å²) in [5.74, 6) is 0.351. The van der Waals surface area contributed by atoms with Crippen molar-refractivity contribution in [1.82, 2.24) is 15.1 Å². The number of nitrogens with one attached hydrogen (secondary N) is 1. The molecule has 1 aromatic rings. The van der Waals surface area contributed by atoms with Crippen molar-refractivity contribution in [1.29, 1.82) is 5.26 Å². The minimum atomic E-state index is -0.272. The van der Waals surface area contributed by atoms with Crippen LogP contribution in [-0.2, 0) is 0 Å². The fourth-order valence-electron chi connectivity index (χ4n) is 1.31. The van der Waals surface area contributed by atoms with E-state index in [1.165, 1.54) is 10.9 Å².